The summed E-state index contributed by atoms with van der Waals surface area (Å²) >= 11 is 0. The van der Waals surface area contributed by atoms with Crippen LogP contribution in [0.4, 0.5) is 0 Å². The molecule has 2 aromatic rings. The normalized spacial score (nSPS) is 15.3. The quantitative estimate of drug-likeness (QED) is 0.394. The number of nitrogens with one attached hydrogen (secondary N) is 1. The number of pyridine rings is 1. The van der Waals surface area contributed by atoms with E-state index in [1.54, 1.807) is 0 Å². The molecule has 1 saturated heterocycles. The molecule has 0 saturated carbocycles. The Morgan fingerprint density at radius 2 is 2.03 bits per heavy atom. The lowest BCUT2D eigenvalue weighted by molar-refractivity contribution is -0.133. The smallest absolute Gasteiger partial charge is 0.243 e. The number of rotatable bonds is 12. The Hall–Kier alpha value is -2.18. The molecule has 0 atom stereocenters. The van der Waals surface area contributed by atoms with E-state index in [0.29, 0.717) is 13.0 Å². The molecule has 3 rings (SSSR count). The maximum absolute atomic E-state index is 11.4. The van der Waals surface area contributed by atoms with Gasteiger partial charge >= 0.3 is 0 Å². The first-order chi connectivity index (χ1) is 15.2. The number of fused-ring (bicyclic) bond motifs is 1. The summed E-state index contributed by atoms with van der Waals surface area (Å²) in [5.41, 5.74) is 4.80. The lowest BCUT2D eigenvalue weighted by Gasteiger charge is -2.32. The summed E-state index contributed by atoms with van der Waals surface area (Å²) in [5.74, 6) is 0.889. The monoisotopic (exact) mass is 427 g/mol. The van der Waals surface area contributed by atoms with Gasteiger partial charge in [0.15, 0.2) is 0 Å². The van der Waals surface area contributed by atoms with Crippen LogP contribution >= 0.6 is 0 Å². The molecule has 1 amide bonds. The van der Waals surface area contributed by atoms with Crippen LogP contribution in [0.2, 0.25) is 0 Å². The number of aryl methyl sites for hydroxylation is 1. The van der Waals surface area contributed by atoms with Gasteiger partial charge in [-0.25, -0.2) is 5.48 Å². The van der Waals surface area contributed by atoms with Crippen molar-refractivity contribution in [3.05, 3.63) is 36.0 Å². The van der Waals surface area contributed by atoms with Gasteiger partial charge in [0.1, 0.15) is 17.4 Å². The minimum atomic E-state index is -0.0405. The van der Waals surface area contributed by atoms with Crippen molar-refractivity contribution in [2.75, 3.05) is 26.2 Å². The van der Waals surface area contributed by atoms with E-state index in [4.69, 9.17) is 9.57 Å². The topological polar surface area (TPSA) is 63.7 Å². The third-order valence-corrected chi connectivity index (χ3v) is 5.76. The van der Waals surface area contributed by atoms with Crippen molar-refractivity contribution < 1.29 is 14.4 Å². The number of hydrogen-bond donors (Lipinski definition) is 1. The van der Waals surface area contributed by atoms with E-state index in [0.717, 1.165) is 68.4 Å². The van der Waals surface area contributed by atoms with Gasteiger partial charge in [-0.05, 0) is 62.3 Å². The number of hydrogen-bond acceptors (Lipinski definition) is 5. The number of ether oxygens (including phenoxy) is 1. The van der Waals surface area contributed by atoms with Gasteiger partial charge in [0.05, 0.1) is 6.61 Å². The third-order valence-electron chi connectivity index (χ3n) is 5.76. The van der Waals surface area contributed by atoms with Gasteiger partial charge < -0.3 is 9.64 Å². The fourth-order valence-electron chi connectivity index (χ4n) is 4.03. The van der Waals surface area contributed by atoms with Crippen LogP contribution in [0.25, 0.3) is 10.9 Å². The first-order valence-corrected chi connectivity index (χ1v) is 11.9. The Balaban J connectivity index is 1.45. The van der Waals surface area contributed by atoms with Crippen LogP contribution in [0.15, 0.2) is 30.5 Å². The standard InChI is InChI=1S/C25H37N3O3/c1-3-5-9-20-18-21-10-6-13-26-25(21)23(19-20)31-22-11-15-28(16-12-22)14-7-17-30-27-24(29)8-4-2/h6,10,13,18-19,22H,3-5,7-9,11-12,14-17H2,1-2H3,(H,27,29). The van der Waals surface area contributed by atoms with E-state index >= 15 is 0 Å². The van der Waals surface area contributed by atoms with Gasteiger partial charge in [0.25, 0.3) is 0 Å². The summed E-state index contributed by atoms with van der Waals surface area (Å²) in [6.45, 7) is 7.78. The molecule has 170 valence electrons. The van der Waals surface area contributed by atoms with E-state index in [1.807, 2.05) is 19.2 Å². The van der Waals surface area contributed by atoms with Crippen molar-refractivity contribution in [3.63, 3.8) is 0 Å². The van der Waals surface area contributed by atoms with Crippen LogP contribution < -0.4 is 10.2 Å². The zero-order valence-electron chi connectivity index (χ0n) is 19.1. The molecule has 1 aliphatic heterocycles. The molecule has 1 aromatic heterocycles. The molecule has 0 spiro atoms. The highest BCUT2D eigenvalue weighted by atomic mass is 16.6. The highest BCUT2D eigenvalue weighted by molar-refractivity contribution is 5.85. The minimum Gasteiger partial charge on any atom is -0.488 e. The Morgan fingerprint density at radius 1 is 1.19 bits per heavy atom. The number of amides is 1. The molecule has 0 unspecified atom stereocenters. The Kier molecular flexibility index (Phi) is 9.56. The van der Waals surface area contributed by atoms with Crippen molar-refractivity contribution >= 4 is 16.8 Å². The van der Waals surface area contributed by atoms with Gasteiger partial charge in [-0.1, -0.05) is 26.3 Å². The third kappa shape index (κ3) is 7.47. The number of hydroxylamine groups is 1. The van der Waals surface area contributed by atoms with Gasteiger partial charge in [-0.3, -0.25) is 14.6 Å². The van der Waals surface area contributed by atoms with Crippen LogP contribution in [0.3, 0.4) is 0 Å². The van der Waals surface area contributed by atoms with Crippen molar-refractivity contribution in [2.24, 2.45) is 0 Å². The molecule has 1 aromatic carbocycles. The predicted octanol–water partition coefficient (Wildman–Crippen LogP) is 4.66. The molecule has 1 fully saturated rings. The molecule has 1 N–H and O–H groups in total. The van der Waals surface area contributed by atoms with Crippen molar-refractivity contribution in [2.45, 2.75) is 71.3 Å². The maximum atomic E-state index is 11.4. The van der Waals surface area contributed by atoms with E-state index < -0.39 is 0 Å². The van der Waals surface area contributed by atoms with Crippen molar-refractivity contribution in [3.8, 4) is 5.75 Å². The number of piperidine rings is 1. The van der Waals surface area contributed by atoms with Gasteiger partial charge in [-0.2, -0.15) is 0 Å². The van der Waals surface area contributed by atoms with Crippen LogP contribution in [0.1, 0.15) is 64.4 Å². The summed E-state index contributed by atoms with van der Waals surface area (Å²) in [7, 11) is 0. The Labute approximate surface area is 186 Å². The molecule has 6 nitrogen and oxygen atoms in total. The molecule has 0 bridgehead atoms. The molecule has 0 radical (unpaired) electrons. The van der Waals surface area contributed by atoms with Crippen molar-refractivity contribution in [1.82, 2.24) is 15.4 Å². The average Bonchev–Trinajstić information content (AvgIpc) is 2.79. The molecule has 31 heavy (non-hydrogen) atoms. The largest absolute Gasteiger partial charge is 0.488 e. The summed E-state index contributed by atoms with van der Waals surface area (Å²) < 4.78 is 6.47. The van der Waals surface area contributed by atoms with Crippen LogP contribution in [0.5, 0.6) is 5.75 Å². The zero-order chi connectivity index (χ0) is 21.9. The number of carbonyl (C=O) groups is 1. The van der Waals surface area contributed by atoms with E-state index in [1.165, 1.54) is 18.4 Å². The zero-order valence-corrected chi connectivity index (χ0v) is 19.1. The fraction of sp³-hybridized carbons (Fsp3) is 0.600. The lowest BCUT2D eigenvalue weighted by atomic mass is 10.0. The Morgan fingerprint density at radius 3 is 2.81 bits per heavy atom. The maximum Gasteiger partial charge on any atom is 0.243 e. The number of unbranched alkanes of at least 4 members (excludes halogenated alkanes) is 1. The number of carbonyl (C=O) groups excluding carboxylic acids is 1. The highest BCUT2D eigenvalue weighted by Crippen LogP contribution is 2.29. The second-order valence-electron chi connectivity index (χ2n) is 8.41. The number of likely N-dealkylation sites (tertiary alicyclic amines) is 1. The van der Waals surface area contributed by atoms with E-state index in [2.05, 4.69) is 40.5 Å². The predicted molar refractivity (Wildman–Crippen MR) is 124 cm³/mol. The Bertz CT molecular complexity index is 819. The first-order valence-electron chi connectivity index (χ1n) is 11.9. The van der Waals surface area contributed by atoms with Crippen LogP contribution in [-0.2, 0) is 16.1 Å². The summed E-state index contributed by atoms with van der Waals surface area (Å²) in [6.07, 6.45) is 9.82. The highest BCUT2D eigenvalue weighted by Gasteiger charge is 2.21. The number of nitrogens with zero attached hydrogens (tertiary/aromatic N) is 2. The summed E-state index contributed by atoms with van der Waals surface area (Å²) in [4.78, 5) is 23.7. The first kappa shape index (κ1) is 23.5. The summed E-state index contributed by atoms with van der Waals surface area (Å²) in [6, 6.07) is 8.56. The number of aromatic nitrogens is 1. The minimum absolute atomic E-state index is 0.0405. The van der Waals surface area contributed by atoms with Crippen molar-refractivity contribution in [1.29, 1.82) is 0 Å². The summed E-state index contributed by atoms with van der Waals surface area (Å²) in [5, 5.41) is 1.16. The SMILES string of the molecule is CCCCc1cc(OC2CCN(CCCONC(=O)CCC)CC2)c2ncccc2c1. The molecule has 2 heterocycles. The lowest BCUT2D eigenvalue weighted by Crippen LogP contribution is -2.39. The number of benzene rings is 1. The van der Waals surface area contributed by atoms with E-state index in [-0.39, 0.29) is 12.0 Å². The second kappa shape index (κ2) is 12.6. The average molecular weight is 428 g/mol. The second-order valence-corrected chi connectivity index (χ2v) is 8.41. The van der Waals surface area contributed by atoms with Gasteiger partial charge in [-0.15, -0.1) is 0 Å². The molecular formula is C25H37N3O3. The molecule has 0 aliphatic carbocycles. The molecule has 6 heteroatoms. The van der Waals surface area contributed by atoms with Gasteiger partial charge in [0, 0.05) is 37.6 Å². The van der Waals surface area contributed by atoms with Crippen LogP contribution in [0, 0.1) is 0 Å². The van der Waals surface area contributed by atoms with Gasteiger partial charge in [0.2, 0.25) is 5.91 Å². The molecular weight excluding hydrogens is 390 g/mol. The van der Waals surface area contributed by atoms with Crippen LogP contribution in [-0.4, -0.2) is 48.1 Å². The fourth-order valence-corrected chi connectivity index (χ4v) is 4.03. The van der Waals surface area contributed by atoms with E-state index in [9.17, 15) is 4.79 Å². The molecule has 1 aliphatic rings.